The first kappa shape index (κ1) is 9.84. The number of hydrogen-bond donors (Lipinski definition) is 0. The Bertz CT molecular complexity index is 347. The summed E-state index contributed by atoms with van der Waals surface area (Å²) < 4.78 is 12.4. The van der Waals surface area contributed by atoms with Crippen LogP contribution in [0.25, 0.3) is 0 Å². The van der Waals surface area contributed by atoms with E-state index < -0.39 is 0 Å². The van der Waals surface area contributed by atoms with Crippen LogP contribution in [0.15, 0.2) is 22.7 Å². The van der Waals surface area contributed by atoms with Crippen molar-refractivity contribution >= 4 is 15.9 Å². The molecule has 76 valence electrons. The van der Waals surface area contributed by atoms with Crippen LogP contribution in [0.4, 0.5) is 0 Å². The van der Waals surface area contributed by atoms with Gasteiger partial charge < -0.3 is 9.47 Å². The molecule has 1 aliphatic rings. The summed E-state index contributed by atoms with van der Waals surface area (Å²) in [5.41, 5.74) is 0.0749. The van der Waals surface area contributed by atoms with Crippen molar-refractivity contribution in [2.45, 2.75) is 13.8 Å². The highest BCUT2D eigenvalue weighted by Crippen LogP contribution is 2.35. The zero-order valence-electron chi connectivity index (χ0n) is 8.34. The maximum atomic E-state index is 5.69. The fraction of sp³-hybridized carbons (Fsp3) is 0.455. The molecule has 0 saturated heterocycles. The molecule has 1 aromatic carbocycles. The van der Waals surface area contributed by atoms with Gasteiger partial charge in [0.05, 0.1) is 13.2 Å². The predicted molar refractivity (Wildman–Crippen MR) is 58.9 cm³/mol. The quantitative estimate of drug-likeness (QED) is 0.710. The molecule has 14 heavy (non-hydrogen) atoms. The van der Waals surface area contributed by atoms with Crippen molar-refractivity contribution < 1.29 is 9.47 Å². The highest BCUT2D eigenvalue weighted by Gasteiger charge is 2.24. The van der Waals surface area contributed by atoms with Crippen molar-refractivity contribution in [3.63, 3.8) is 0 Å². The van der Waals surface area contributed by atoms with Crippen LogP contribution in [0.3, 0.4) is 0 Å². The van der Waals surface area contributed by atoms with E-state index in [-0.39, 0.29) is 5.41 Å². The van der Waals surface area contributed by atoms with Crippen molar-refractivity contribution in [2.75, 3.05) is 13.2 Å². The second-order valence-corrected chi connectivity index (χ2v) is 5.25. The lowest BCUT2D eigenvalue weighted by Gasteiger charge is -2.19. The van der Waals surface area contributed by atoms with Gasteiger partial charge in [-0.05, 0) is 18.2 Å². The van der Waals surface area contributed by atoms with Gasteiger partial charge in [0.25, 0.3) is 0 Å². The van der Waals surface area contributed by atoms with Crippen LogP contribution < -0.4 is 9.47 Å². The molecule has 2 nitrogen and oxygen atoms in total. The van der Waals surface area contributed by atoms with Gasteiger partial charge >= 0.3 is 0 Å². The maximum absolute atomic E-state index is 5.69. The largest absolute Gasteiger partial charge is 0.489 e. The summed E-state index contributed by atoms with van der Waals surface area (Å²) in [4.78, 5) is 0. The third-order valence-electron chi connectivity index (χ3n) is 2.14. The maximum Gasteiger partial charge on any atom is 0.162 e. The van der Waals surface area contributed by atoms with Crippen molar-refractivity contribution in [3.8, 4) is 11.5 Å². The van der Waals surface area contributed by atoms with E-state index in [1.165, 1.54) is 0 Å². The van der Waals surface area contributed by atoms with E-state index in [2.05, 4.69) is 29.8 Å². The molecule has 1 aromatic rings. The van der Waals surface area contributed by atoms with Crippen molar-refractivity contribution in [1.29, 1.82) is 0 Å². The zero-order chi connectivity index (χ0) is 10.2. The first-order valence-corrected chi connectivity index (χ1v) is 5.41. The molecule has 0 radical (unpaired) electrons. The van der Waals surface area contributed by atoms with E-state index in [4.69, 9.17) is 9.47 Å². The van der Waals surface area contributed by atoms with E-state index in [1.54, 1.807) is 0 Å². The minimum Gasteiger partial charge on any atom is -0.489 e. The second kappa shape index (κ2) is 3.46. The fourth-order valence-electron chi connectivity index (χ4n) is 1.30. The summed E-state index contributed by atoms with van der Waals surface area (Å²) in [6, 6.07) is 5.83. The summed E-state index contributed by atoms with van der Waals surface area (Å²) in [5, 5.41) is 0. The molecule has 0 spiro atoms. The van der Waals surface area contributed by atoms with Crippen LogP contribution in [-0.2, 0) is 0 Å². The van der Waals surface area contributed by atoms with Crippen molar-refractivity contribution in [2.24, 2.45) is 5.41 Å². The topological polar surface area (TPSA) is 18.5 Å². The molecule has 0 saturated carbocycles. The molecular weight excluding hydrogens is 244 g/mol. The SMILES string of the molecule is CC1(C)COc2ccc(Br)cc2OC1. The third-order valence-corrected chi connectivity index (χ3v) is 2.64. The standard InChI is InChI=1S/C11H13BrO2/c1-11(2)6-13-9-4-3-8(12)5-10(9)14-7-11/h3-5H,6-7H2,1-2H3. The molecule has 1 heterocycles. The monoisotopic (exact) mass is 256 g/mol. The van der Waals surface area contributed by atoms with Gasteiger partial charge in [-0.1, -0.05) is 29.8 Å². The smallest absolute Gasteiger partial charge is 0.162 e. The van der Waals surface area contributed by atoms with E-state index >= 15 is 0 Å². The molecule has 0 fully saturated rings. The van der Waals surface area contributed by atoms with Gasteiger partial charge in [0, 0.05) is 9.89 Å². The summed E-state index contributed by atoms with van der Waals surface area (Å²) in [7, 11) is 0. The number of benzene rings is 1. The number of rotatable bonds is 0. The highest BCUT2D eigenvalue weighted by molar-refractivity contribution is 9.10. The molecule has 0 bridgehead atoms. The average Bonchev–Trinajstić information content (AvgIpc) is 2.26. The molecule has 0 atom stereocenters. The minimum absolute atomic E-state index is 0.0749. The third kappa shape index (κ3) is 2.03. The highest BCUT2D eigenvalue weighted by atomic mass is 79.9. The normalized spacial score (nSPS) is 18.8. The molecule has 0 N–H and O–H groups in total. The van der Waals surface area contributed by atoms with E-state index in [0.29, 0.717) is 13.2 Å². The van der Waals surface area contributed by atoms with E-state index in [9.17, 15) is 0 Å². The van der Waals surface area contributed by atoms with Gasteiger partial charge in [0.15, 0.2) is 11.5 Å². The Hall–Kier alpha value is -0.700. The first-order valence-electron chi connectivity index (χ1n) is 4.62. The van der Waals surface area contributed by atoms with E-state index in [1.807, 2.05) is 18.2 Å². The number of fused-ring (bicyclic) bond motifs is 1. The fourth-order valence-corrected chi connectivity index (χ4v) is 1.64. The molecule has 0 aliphatic carbocycles. The van der Waals surface area contributed by atoms with Crippen LogP contribution in [0.5, 0.6) is 11.5 Å². The van der Waals surface area contributed by atoms with E-state index in [0.717, 1.165) is 16.0 Å². The van der Waals surface area contributed by atoms with Crippen LogP contribution in [-0.4, -0.2) is 13.2 Å². The lowest BCUT2D eigenvalue weighted by molar-refractivity contribution is 0.140. The second-order valence-electron chi connectivity index (χ2n) is 4.33. The Labute approximate surface area is 92.3 Å². The number of ether oxygens (including phenoxy) is 2. The molecular formula is C11H13BrO2. The van der Waals surface area contributed by atoms with Crippen molar-refractivity contribution in [1.82, 2.24) is 0 Å². The molecule has 0 aromatic heterocycles. The van der Waals surface area contributed by atoms with Gasteiger partial charge in [-0.3, -0.25) is 0 Å². The number of halogens is 1. The minimum atomic E-state index is 0.0749. The van der Waals surface area contributed by atoms with Gasteiger partial charge in [0.1, 0.15) is 0 Å². The summed E-state index contributed by atoms with van der Waals surface area (Å²) >= 11 is 3.41. The lowest BCUT2D eigenvalue weighted by atomic mass is 9.97. The van der Waals surface area contributed by atoms with Gasteiger partial charge in [-0.2, -0.15) is 0 Å². The summed E-state index contributed by atoms with van der Waals surface area (Å²) in [5.74, 6) is 1.66. The van der Waals surface area contributed by atoms with Crippen molar-refractivity contribution in [3.05, 3.63) is 22.7 Å². The predicted octanol–water partition coefficient (Wildman–Crippen LogP) is 3.25. The number of hydrogen-bond acceptors (Lipinski definition) is 2. The van der Waals surface area contributed by atoms with Crippen LogP contribution in [0.2, 0.25) is 0 Å². The van der Waals surface area contributed by atoms with Gasteiger partial charge in [-0.15, -0.1) is 0 Å². The average molecular weight is 257 g/mol. The Morgan fingerprint density at radius 1 is 1.14 bits per heavy atom. The lowest BCUT2D eigenvalue weighted by Crippen LogP contribution is -2.26. The van der Waals surface area contributed by atoms with Gasteiger partial charge in [0.2, 0.25) is 0 Å². The Balaban J connectivity index is 2.30. The first-order chi connectivity index (χ1) is 6.57. The summed E-state index contributed by atoms with van der Waals surface area (Å²) in [6.07, 6.45) is 0. The Morgan fingerprint density at radius 2 is 1.79 bits per heavy atom. The Kier molecular flexibility index (Phi) is 2.43. The Morgan fingerprint density at radius 3 is 2.50 bits per heavy atom. The molecule has 0 amide bonds. The molecule has 0 unspecified atom stereocenters. The summed E-state index contributed by atoms with van der Waals surface area (Å²) in [6.45, 7) is 5.65. The molecule has 3 heteroatoms. The molecule has 1 aliphatic heterocycles. The van der Waals surface area contributed by atoms with Crippen LogP contribution in [0.1, 0.15) is 13.8 Å². The zero-order valence-corrected chi connectivity index (χ0v) is 9.93. The molecule has 2 rings (SSSR count). The van der Waals surface area contributed by atoms with Crippen LogP contribution >= 0.6 is 15.9 Å². The van der Waals surface area contributed by atoms with Gasteiger partial charge in [-0.25, -0.2) is 0 Å². The van der Waals surface area contributed by atoms with Crippen LogP contribution in [0, 0.1) is 5.41 Å².